The van der Waals surface area contributed by atoms with Gasteiger partial charge in [-0.15, -0.1) is 0 Å². The number of hydrogen-bond donors (Lipinski definition) is 2. The number of carbonyl (C=O) groups excluding carboxylic acids is 1. The quantitative estimate of drug-likeness (QED) is 0.608. The number of piperidine rings is 1. The van der Waals surface area contributed by atoms with Gasteiger partial charge in [0.2, 0.25) is 0 Å². The third-order valence-corrected chi connectivity index (χ3v) is 5.28. The fourth-order valence-electron chi connectivity index (χ4n) is 3.50. The summed E-state index contributed by atoms with van der Waals surface area (Å²) in [7, 11) is 0. The van der Waals surface area contributed by atoms with Crippen LogP contribution in [0.25, 0.3) is 0 Å². The van der Waals surface area contributed by atoms with Crippen LogP contribution in [0.1, 0.15) is 38.2 Å². The van der Waals surface area contributed by atoms with Gasteiger partial charge >= 0.3 is 6.09 Å². The van der Waals surface area contributed by atoms with Crippen LogP contribution in [0.3, 0.4) is 0 Å². The van der Waals surface area contributed by atoms with Crippen LogP contribution < -0.4 is 11.1 Å². The highest BCUT2D eigenvalue weighted by atomic mass is 19.1. The second-order valence-corrected chi connectivity index (χ2v) is 7.21. The molecule has 8 heteroatoms. The zero-order valence-corrected chi connectivity index (χ0v) is 15.5. The fraction of sp³-hybridized carbons (Fsp3) is 0.579. The van der Waals surface area contributed by atoms with Gasteiger partial charge in [-0.3, -0.25) is 4.99 Å². The highest BCUT2D eigenvalue weighted by Gasteiger charge is 2.46. The van der Waals surface area contributed by atoms with Crippen LogP contribution in [0.2, 0.25) is 0 Å². The Kier molecular flexibility index (Phi) is 5.82. The molecule has 0 bridgehead atoms. The van der Waals surface area contributed by atoms with E-state index in [2.05, 4.69) is 10.3 Å². The number of halogens is 2. The first-order chi connectivity index (χ1) is 12.9. The van der Waals surface area contributed by atoms with E-state index in [-0.39, 0.29) is 17.6 Å². The maximum Gasteiger partial charge on any atom is 0.409 e. The van der Waals surface area contributed by atoms with Crippen LogP contribution in [0.5, 0.6) is 0 Å². The lowest BCUT2D eigenvalue weighted by Crippen LogP contribution is -2.48. The van der Waals surface area contributed by atoms with Crippen LogP contribution in [-0.2, 0) is 10.2 Å². The van der Waals surface area contributed by atoms with Crippen molar-refractivity contribution in [3.05, 3.63) is 35.4 Å². The maximum absolute atomic E-state index is 14.1. The van der Waals surface area contributed by atoms with E-state index >= 15 is 0 Å². The molecule has 0 unspecified atom stereocenters. The molecule has 2 fully saturated rings. The Balaban J connectivity index is 1.51. The number of amides is 1. The lowest BCUT2D eigenvalue weighted by molar-refractivity contribution is 0.0963. The third-order valence-electron chi connectivity index (χ3n) is 5.28. The zero-order chi connectivity index (χ0) is 19.4. The lowest BCUT2D eigenvalue weighted by Gasteiger charge is -2.31. The summed E-state index contributed by atoms with van der Waals surface area (Å²) in [5.41, 5.74) is 6.13. The van der Waals surface area contributed by atoms with Gasteiger partial charge in [-0.05, 0) is 44.2 Å². The molecule has 1 aliphatic heterocycles. The average Bonchev–Trinajstić information content (AvgIpc) is 3.42. The molecule has 1 aromatic carbocycles. The number of guanidine groups is 1. The normalized spacial score (nSPS) is 19.7. The van der Waals surface area contributed by atoms with Gasteiger partial charge in [0.25, 0.3) is 0 Å². The number of nitrogens with one attached hydrogen (secondary N) is 1. The minimum Gasteiger partial charge on any atom is -0.450 e. The molecule has 0 atom stereocenters. The van der Waals surface area contributed by atoms with Crippen LogP contribution in [0.4, 0.5) is 13.6 Å². The van der Waals surface area contributed by atoms with Gasteiger partial charge < -0.3 is 20.7 Å². The summed E-state index contributed by atoms with van der Waals surface area (Å²) in [4.78, 5) is 17.8. The number of aliphatic imine (C=N–C) groups is 1. The van der Waals surface area contributed by atoms with E-state index in [1.807, 2.05) is 0 Å². The van der Waals surface area contributed by atoms with Crippen molar-refractivity contribution in [2.24, 2.45) is 10.7 Å². The second kappa shape index (κ2) is 8.10. The third kappa shape index (κ3) is 4.67. The highest BCUT2D eigenvalue weighted by molar-refractivity contribution is 5.78. The molecular formula is C19H26F2N4O2. The number of nitrogens with two attached hydrogens (primary N) is 1. The zero-order valence-electron chi connectivity index (χ0n) is 15.5. The molecule has 0 aromatic heterocycles. The van der Waals surface area contributed by atoms with Crippen LogP contribution in [0, 0.1) is 11.6 Å². The van der Waals surface area contributed by atoms with E-state index in [0.29, 0.717) is 37.8 Å². The molecule has 1 heterocycles. The predicted octanol–water partition coefficient (Wildman–Crippen LogP) is 2.52. The highest BCUT2D eigenvalue weighted by Crippen LogP contribution is 2.49. The first-order valence-electron chi connectivity index (χ1n) is 9.37. The topological polar surface area (TPSA) is 80.0 Å². The molecular weight excluding hydrogens is 354 g/mol. The molecule has 6 nitrogen and oxygen atoms in total. The van der Waals surface area contributed by atoms with E-state index in [0.717, 1.165) is 31.7 Å². The maximum atomic E-state index is 14.1. The Labute approximate surface area is 157 Å². The summed E-state index contributed by atoms with van der Waals surface area (Å²) in [5.74, 6) is -0.787. The Morgan fingerprint density at radius 1 is 1.37 bits per heavy atom. The van der Waals surface area contributed by atoms with Crippen LogP contribution in [-0.4, -0.2) is 49.2 Å². The molecule has 3 N–H and O–H groups in total. The molecule has 2 aliphatic rings. The van der Waals surface area contributed by atoms with Gasteiger partial charge in [0.1, 0.15) is 11.6 Å². The lowest BCUT2D eigenvalue weighted by atomic mass is 9.95. The summed E-state index contributed by atoms with van der Waals surface area (Å²) in [6.07, 6.45) is 2.85. The standard InChI is InChI=1S/C19H26F2N4O2/c1-2-27-18(26)25-9-5-14(6-10-25)24-17(22)23-12-19(7-8-19)15-4-3-13(20)11-16(15)21/h3-4,11,14H,2,5-10,12H2,1H3,(H3,22,23,24). The first-order valence-corrected chi connectivity index (χ1v) is 9.37. The molecule has 1 aliphatic carbocycles. The van der Waals surface area contributed by atoms with E-state index in [1.165, 1.54) is 12.1 Å². The van der Waals surface area contributed by atoms with Crippen molar-refractivity contribution in [2.45, 2.75) is 44.1 Å². The van der Waals surface area contributed by atoms with Gasteiger partial charge in [0.15, 0.2) is 5.96 Å². The van der Waals surface area contributed by atoms with Crippen molar-refractivity contribution >= 4 is 12.1 Å². The number of rotatable bonds is 5. The Bertz CT molecular complexity index is 714. The monoisotopic (exact) mass is 380 g/mol. The predicted molar refractivity (Wildman–Crippen MR) is 98.5 cm³/mol. The Hall–Kier alpha value is -2.38. The van der Waals surface area contributed by atoms with Crippen molar-refractivity contribution in [2.75, 3.05) is 26.2 Å². The summed E-state index contributed by atoms with van der Waals surface area (Å²) in [5, 5.41) is 3.18. The molecule has 27 heavy (non-hydrogen) atoms. The number of ether oxygens (including phenoxy) is 1. The summed E-state index contributed by atoms with van der Waals surface area (Å²) < 4.78 is 32.2. The van der Waals surface area contributed by atoms with Gasteiger partial charge in [0.05, 0.1) is 13.2 Å². The van der Waals surface area contributed by atoms with Gasteiger partial charge in [0, 0.05) is 30.6 Å². The summed E-state index contributed by atoms with van der Waals surface area (Å²) in [6, 6.07) is 3.83. The molecule has 1 saturated heterocycles. The number of hydrogen-bond acceptors (Lipinski definition) is 3. The Morgan fingerprint density at radius 3 is 2.67 bits per heavy atom. The molecule has 0 spiro atoms. The van der Waals surface area contributed by atoms with Crippen molar-refractivity contribution in [3.8, 4) is 0 Å². The molecule has 0 radical (unpaired) electrons. The fourth-order valence-corrected chi connectivity index (χ4v) is 3.50. The molecule has 148 valence electrons. The SMILES string of the molecule is CCOC(=O)N1CCC(NC(N)=NCC2(c3ccc(F)cc3F)CC2)CC1. The van der Waals surface area contributed by atoms with Crippen LogP contribution >= 0.6 is 0 Å². The average molecular weight is 380 g/mol. The van der Waals surface area contributed by atoms with Crippen molar-refractivity contribution in [1.82, 2.24) is 10.2 Å². The molecule has 1 amide bonds. The summed E-state index contributed by atoms with van der Waals surface area (Å²) in [6.45, 7) is 3.74. The van der Waals surface area contributed by atoms with E-state index < -0.39 is 11.6 Å². The molecule has 3 rings (SSSR count). The molecule has 1 aromatic rings. The van der Waals surface area contributed by atoms with Gasteiger partial charge in [-0.1, -0.05) is 6.07 Å². The Morgan fingerprint density at radius 2 is 2.07 bits per heavy atom. The van der Waals surface area contributed by atoms with Crippen molar-refractivity contribution in [3.63, 3.8) is 0 Å². The van der Waals surface area contributed by atoms with E-state index in [4.69, 9.17) is 10.5 Å². The molecule has 1 saturated carbocycles. The number of likely N-dealkylation sites (tertiary alicyclic amines) is 1. The largest absolute Gasteiger partial charge is 0.450 e. The van der Waals surface area contributed by atoms with E-state index in [1.54, 1.807) is 11.8 Å². The van der Waals surface area contributed by atoms with Crippen molar-refractivity contribution in [1.29, 1.82) is 0 Å². The van der Waals surface area contributed by atoms with Gasteiger partial charge in [-0.25, -0.2) is 13.6 Å². The van der Waals surface area contributed by atoms with E-state index in [9.17, 15) is 13.6 Å². The number of benzene rings is 1. The number of carbonyl (C=O) groups is 1. The van der Waals surface area contributed by atoms with Crippen LogP contribution in [0.15, 0.2) is 23.2 Å². The minimum atomic E-state index is -0.578. The van der Waals surface area contributed by atoms with Gasteiger partial charge in [-0.2, -0.15) is 0 Å². The van der Waals surface area contributed by atoms with Crippen molar-refractivity contribution < 1.29 is 18.3 Å². The summed E-state index contributed by atoms with van der Waals surface area (Å²) >= 11 is 0. The minimum absolute atomic E-state index is 0.136. The first kappa shape index (κ1) is 19.4. The number of nitrogens with zero attached hydrogens (tertiary/aromatic N) is 2. The second-order valence-electron chi connectivity index (χ2n) is 7.21. The smallest absolute Gasteiger partial charge is 0.409 e.